The molecule has 6 heteroatoms. The van der Waals surface area contributed by atoms with E-state index in [1.165, 1.54) is 0 Å². The lowest BCUT2D eigenvalue weighted by molar-refractivity contribution is -0.203. The predicted molar refractivity (Wildman–Crippen MR) is 150 cm³/mol. The Kier molecular flexibility index (Phi) is 6.26. The Morgan fingerprint density at radius 1 is 1.05 bits per heavy atom. The number of fused-ring (bicyclic) bond motifs is 3. The SMILES string of the molecule is CC1=C[C@]23C(=O)[C@@H](C=C(CO)[C@@H](O)[C@]2(O)[C@H]1OC(=O)C(c1ccccc1)c1ccccc1)[C@H]1[C@@H](C[C@H]3C)C1(C)C. The van der Waals surface area contributed by atoms with Gasteiger partial charge in [-0.1, -0.05) is 93.6 Å². The summed E-state index contributed by atoms with van der Waals surface area (Å²) in [6, 6.07) is 18.6. The van der Waals surface area contributed by atoms with Crippen LogP contribution in [0.15, 0.2) is 84.0 Å². The van der Waals surface area contributed by atoms with E-state index in [1.807, 2.05) is 67.6 Å². The molecule has 0 unspecified atom stereocenters. The van der Waals surface area contributed by atoms with E-state index < -0.39 is 47.6 Å². The quantitative estimate of drug-likeness (QED) is 0.387. The lowest BCUT2D eigenvalue weighted by Gasteiger charge is -2.49. The zero-order valence-corrected chi connectivity index (χ0v) is 23.5. The Labute approximate surface area is 235 Å². The number of Topliss-reactive ketones (excluding diaryl/α,β-unsaturated/α-hetero) is 1. The van der Waals surface area contributed by atoms with Crippen molar-refractivity contribution in [1.29, 1.82) is 0 Å². The number of carbonyl (C=O) groups is 2. The first-order chi connectivity index (χ1) is 19.0. The zero-order chi connectivity index (χ0) is 28.6. The van der Waals surface area contributed by atoms with E-state index in [0.717, 1.165) is 11.1 Å². The molecule has 1 spiro atoms. The fraction of sp³-hybridized carbons (Fsp3) is 0.471. The minimum atomic E-state index is -2.16. The summed E-state index contributed by atoms with van der Waals surface area (Å²) in [5.41, 5.74) is -1.48. The minimum absolute atomic E-state index is 0.0531. The highest BCUT2D eigenvalue weighted by molar-refractivity contribution is 5.95. The smallest absolute Gasteiger partial charge is 0.318 e. The first-order valence-electron chi connectivity index (χ1n) is 14.3. The van der Waals surface area contributed by atoms with Gasteiger partial charge in [-0.2, -0.15) is 0 Å². The summed E-state index contributed by atoms with van der Waals surface area (Å²) in [7, 11) is 0. The van der Waals surface area contributed by atoms with E-state index in [9.17, 15) is 24.9 Å². The molecular weight excluding hydrogens is 504 g/mol. The fourth-order valence-corrected chi connectivity index (χ4v) is 8.53. The molecule has 6 nitrogen and oxygen atoms in total. The van der Waals surface area contributed by atoms with Crippen molar-refractivity contribution < 1.29 is 29.6 Å². The molecule has 210 valence electrons. The van der Waals surface area contributed by atoms with Gasteiger partial charge in [0.05, 0.1) is 12.0 Å². The molecule has 0 heterocycles. The number of aliphatic hydroxyl groups excluding tert-OH is 2. The van der Waals surface area contributed by atoms with Crippen LogP contribution >= 0.6 is 0 Å². The van der Waals surface area contributed by atoms with Crippen LogP contribution in [0.4, 0.5) is 0 Å². The molecule has 2 fully saturated rings. The third-order valence-corrected chi connectivity index (χ3v) is 10.6. The molecule has 0 aliphatic heterocycles. The van der Waals surface area contributed by atoms with Crippen LogP contribution in [-0.2, 0) is 14.3 Å². The van der Waals surface area contributed by atoms with Crippen LogP contribution in [0.2, 0.25) is 0 Å². The topological polar surface area (TPSA) is 104 Å². The Balaban J connectivity index is 1.45. The van der Waals surface area contributed by atoms with Gasteiger partial charge < -0.3 is 20.1 Å². The molecular formula is C34H38O6. The highest BCUT2D eigenvalue weighted by atomic mass is 16.6. The second-order valence-electron chi connectivity index (χ2n) is 12.9. The summed E-state index contributed by atoms with van der Waals surface area (Å²) in [6.45, 7) is 7.52. The third kappa shape index (κ3) is 3.52. The summed E-state index contributed by atoms with van der Waals surface area (Å²) in [5.74, 6) is -2.03. The lowest BCUT2D eigenvalue weighted by Crippen LogP contribution is -2.66. The van der Waals surface area contributed by atoms with Crippen LogP contribution in [0.5, 0.6) is 0 Å². The van der Waals surface area contributed by atoms with Crippen molar-refractivity contribution in [1.82, 2.24) is 0 Å². The van der Waals surface area contributed by atoms with E-state index in [2.05, 4.69) is 13.8 Å². The molecule has 0 radical (unpaired) electrons. The van der Waals surface area contributed by atoms with Crippen molar-refractivity contribution >= 4 is 11.8 Å². The number of esters is 1. The number of ketones is 1. The van der Waals surface area contributed by atoms with Gasteiger partial charge in [-0.05, 0) is 58.8 Å². The monoisotopic (exact) mass is 542 g/mol. The first kappa shape index (κ1) is 27.1. The largest absolute Gasteiger partial charge is 0.454 e. The molecule has 2 aromatic rings. The summed E-state index contributed by atoms with van der Waals surface area (Å²) in [6.07, 6.45) is 1.30. The van der Waals surface area contributed by atoms with Crippen molar-refractivity contribution in [3.63, 3.8) is 0 Å². The predicted octanol–water partition coefficient (Wildman–Crippen LogP) is 4.20. The summed E-state index contributed by atoms with van der Waals surface area (Å²) < 4.78 is 6.21. The maximum Gasteiger partial charge on any atom is 0.318 e. The second kappa shape index (κ2) is 9.23. The molecule has 8 atom stereocenters. The van der Waals surface area contributed by atoms with E-state index in [1.54, 1.807) is 19.1 Å². The molecule has 2 saturated carbocycles. The summed E-state index contributed by atoms with van der Waals surface area (Å²) in [4.78, 5) is 28.6. The fourth-order valence-electron chi connectivity index (χ4n) is 8.53. The number of ether oxygens (including phenoxy) is 1. The molecule has 0 amide bonds. The van der Waals surface area contributed by atoms with Crippen LogP contribution in [0, 0.1) is 34.5 Å². The maximum atomic E-state index is 14.6. The number of carbonyl (C=O) groups excluding carboxylic acids is 2. The van der Waals surface area contributed by atoms with E-state index in [0.29, 0.717) is 12.0 Å². The molecule has 6 rings (SSSR count). The molecule has 40 heavy (non-hydrogen) atoms. The van der Waals surface area contributed by atoms with Gasteiger partial charge in [0, 0.05) is 5.92 Å². The third-order valence-electron chi connectivity index (χ3n) is 10.6. The first-order valence-corrected chi connectivity index (χ1v) is 14.3. The van der Waals surface area contributed by atoms with Crippen LogP contribution in [0.25, 0.3) is 0 Å². The normalized spacial score (nSPS) is 37.5. The van der Waals surface area contributed by atoms with Gasteiger partial charge in [-0.15, -0.1) is 0 Å². The average Bonchev–Trinajstić information content (AvgIpc) is 3.43. The van der Waals surface area contributed by atoms with Crippen LogP contribution < -0.4 is 0 Å². The van der Waals surface area contributed by atoms with Crippen molar-refractivity contribution in [2.75, 3.05) is 6.61 Å². The lowest BCUT2D eigenvalue weighted by atomic mass is 9.59. The van der Waals surface area contributed by atoms with Crippen molar-refractivity contribution in [2.45, 2.75) is 57.8 Å². The van der Waals surface area contributed by atoms with Gasteiger partial charge in [0.25, 0.3) is 0 Å². The maximum absolute atomic E-state index is 14.6. The van der Waals surface area contributed by atoms with Crippen LogP contribution in [-0.4, -0.2) is 51.5 Å². The number of allylic oxidation sites excluding steroid dienone is 1. The Hall–Kier alpha value is -3.06. The second-order valence-corrected chi connectivity index (χ2v) is 12.9. The van der Waals surface area contributed by atoms with Crippen molar-refractivity contribution in [2.24, 2.45) is 34.5 Å². The van der Waals surface area contributed by atoms with Crippen LogP contribution in [0.3, 0.4) is 0 Å². The number of rotatable bonds is 5. The van der Waals surface area contributed by atoms with Gasteiger partial charge in [0.15, 0.2) is 17.5 Å². The molecule has 2 aromatic carbocycles. The summed E-state index contributed by atoms with van der Waals surface area (Å²) in [5, 5.41) is 34.8. The van der Waals surface area contributed by atoms with Gasteiger partial charge in [-0.3, -0.25) is 9.59 Å². The van der Waals surface area contributed by atoms with Gasteiger partial charge in [-0.25, -0.2) is 0 Å². The Bertz CT molecular complexity index is 1350. The van der Waals surface area contributed by atoms with Gasteiger partial charge >= 0.3 is 5.97 Å². The molecule has 0 saturated heterocycles. The molecule has 4 aliphatic carbocycles. The van der Waals surface area contributed by atoms with E-state index in [4.69, 9.17) is 4.74 Å². The van der Waals surface area contributed by atoms with E-state index in [-0.39, 0.29) is 34.5 Å². The zero-order valence-electron chi connectivity index (χ0n) is 23.5. The molecule has 2 bridgehead atoms. The minimum Gasteiger partial charge on any atom is -0.454 e. The number of hydrogen-bond acceptors (Lipinski definition) is 6. The molecule has 4 aliphatic rings. The highest BCUT2D eigenvalue weighted by Crippen LogP contribution is 2.71. The average molecular weight is 543 g/mol. The standard InChI is InChI=1S/C34H38O6/c1-19-17-33-20(2)15-25-27(32(25,3)4)24(29(33)37)16-23(18-35)28(36)34(33,39)30(19)40-31(38)26(21-11-7-5-8-12-21)22-13-9-6-10-14-22/h5-14,16-17,20,24-28,30,35-36,39H,15,18H2,1-4H3/t20-,24+,25-,27+,28-,30+,33+,34+/m1/s1. The number of benzene rings is 2. The van der Waals surface area contributed by atoms with Crippen molar-refractivity contribution in [3.8, 4) is 0 Å². The van der Waals surface area contributed by atoms with Crippen molar-refractivity contribution in [3.05, 3.63) is 95.1 Å². The number of aliphatic hydroxyl groups is 3. The highest BCUT2D eigenvalue weighted by Gasteiger charge is 2.76. The molecule has 0 aromatic heterocycles. The Morgan fingerprint density at radius 3 is 2.17 bits per heavy atom. The van der Waals surface area contributed by atoms with Crippen LogP contribution in [0.1, 0.15) is 51.2 Å². The van der Waals surface area contributed by atoms with Gasteiger partial charge in [0.2, 0.25) is 0 Å². The molecule has 3 N–H and O–H groups in total. The van der Waals surface area contributed by atoms with E-state index >= 15 is 0 Å². The number of hydrogen-bond donors (Lipinski definition) is 3. The van der Waals surface area contributed by atoms with Gasteiger partial charge in [0.1, 0.15) is 12.0 Å². The summed E-state index contributed by atoms with van der Waals surface area (Å²) >= 11 is 0. The Morgan fingerprint density at radius 2 is 1.62 bits per heavy atom.